The third-order valence-electron chi connectivity index (χ3n) is 5.36. The van der Waals surface area contributed by atoms with Crippen LogP contribution in [0.2, 0.25) is 0 Å². The Morgan fingerprint density at radius 2 is 0.971 bits per heavy atom. The fraction of sp³-hybridized carbons (Fsp3) is 0.333. The number of benzene rings is 2. The Labute approximate surface area is 209 Å². The first-order valence-electron chi connectivity index (χ1n) is 11.0. The minimum atomic E-state index is -0.803. The number of carbonyl (C=O) groups excluding carboxylic acids is 4. The first-order valence-corrected chi connectivity index (χ1v) is 11.9. The van der Waals surface area contributed by atoms with Gasteiger partial charge in [-0.3, -0.25) is 19.2 Å². The molecule has 4 N–H and O–H groups in total. The zero-order valence-corrected chi connectivity index (χ0v) is 20.3. The van der Waals surface area contributed by atoms with Gasteiger partial charge < -0.3 is 21.3 Å². The van der Waals surface area contributed by atoms with Crippen molar-refractivity contribution in [2.75, 3.05) is 13.1 Å². The van der Waals surface area contributed by atoms with Gasteiger partial charge in [-0.05, 0) is 35.4 Å². The molecule has 1 aliphatic rings. The molecule has 1 aliphatic heterocycles. The molecule has 0 saturated carbocycles. The molecule has 2 atom stereocenters. The zero-order valence-electron chi connectivity index (χ0n) is 18.5. The van der Waals surface area contributed by atoms with E-state index in [0.29, 0.717) is 0 Å². The summed E-state index contributed by atoms with van der Waals surface area (Å²) in [5, 5.41) is 10.9. The molecule has 3 rings (SSSR count). The Kier molecular flexibility index (Phi) is 9.41. The first kappa shape index (κ1) is 25.6. The van der Waals surface area contributed by atoms with Crippen LogP contribution in [0.25, 0.3) is 0 Å². The lowest BCUT2D eigenvalue weighted by molar-refractivity contribution is -0.131. The lowest BCUT2D eigenvalue weighted by Crippen LogP contribution is -2.52. The van der Waals surface area contributed by atoms with Gasteiger partial charge in [-0.25, -0.2) is 0 Å². The molecule has 180 valence electrons. The summed E-state index contributed by atoms with van der Waals surface area (Å²) < 4.78 is 0. The van der Waals surface area contributed by atoms with Crippen molar-refractivity contribution < 1.29 is 19.2 Å². The summed E-state index contributed by atoms with van der Waals surface area (Å²) in [5.74, 6) is -1.46. The molecule has 0 aliphatic carbocycles. The maximum Gasteiger partial charge on any atom is 0.242 e. The van der Waals surface area contributed by atoms with Crippen molar-refractivity contribution in [3.05, 3.63) is 59.7 Å². The fourth-order valence-electron chi connectivity index (χ4n) is 3.53. The number of carbonyl (C=O) groups is 4. The topological polar surface area (TPSA) is 116 Å². The molecule has 2 aromatic rings. The van der Waals surface area contributed by atoms with E-state index in [4.69, 9.17) is 0 Å². The van der Waals surface area contributed by atoms with Crippen molar-refractivity contribution in [3.63, 3.8) is 0 Å². The highest BCUT2D eigenvalue weighted by molar-refractivity contribution is 7.80. The van der Waals surface area contributed by atoms with Crippen LogP contribution in [0, 0.1) is 0 Å². The number of nitrogens with one attached hydrogen (secondary N) is 4. The average Bonchev–Trinajstić information content (AvgIpc) is 2.80. The Morgan fingerprint density at radius 1 is 0.618 bits per heavy atom. The fourth-order valence-corrected chi connectivity index (χ4v) is 3.83. The highest BCUT2D eigenvalue weighted by Gasteiger charge is 2.24. The van der Waals surface area contributed by atoms with Crippen LogP contribution in [0.4, 0.5) is 0 Å². The van der Waals surface area contributed by atoms with E-state index >= 15 is 0 Å². The van der Waals surface area contributed by atoms with E-state index in [1.165, 1.54) is 0 Å². The van der Waals surface area contributed by atoms with Crippen molar-refractivity contribution >= 4 is 48.9 Å². The maximum atomic E-state index is 12.7. The van der Waals surface area contributed by atoms with Gasteiger partial charge in [0.25, 0.3) is 0 Å². The highest BCUT2D eigenvalue weighted by atomic mass is 32.1. The van der Waals surface area contributed by atoms with Gasteiger partial charge in [0.15, 0.2) is 0 Å². The van der Waals surface area contributed by atoms with E-state index in [9.17, 15) is 19.2 Å². The lowest BCUT2D eigenvalue weighted by Gasteiger charge is -2.22. The van der Waals surface area contributed by atoms with Crippen molar-refractivity contribution in [3.8, 4) is 0 Å². The summed E-state index contributed by atoms with van der Waals surface area (Å²) in [6.45, 7) is 0.157. The van der Waals surface area contributed by atoms with E-state index in [0.717, 1.165) is 20.9 Å². The minimum Gasteiger partial charge on any atom is -0.354 e. The molecule has 4 amide bonds. The van der Waals surface area contributed by atoms with Crippen molar-refractivity contribution in [2.24, 2.45) is 0 Å². The van der Waals surface area contributed by atoms with E-state index < -0.39 is 12.1 Å². The van der Waals surface area contributed by atoms with Crippen molar-refractivity contribution in [2.45, 2.75) is 47.6 Å². The van der Waals surface area contributed by atoms with Crippen LogP contribution < -0.4 is 21.3 Å². The third kappa shape index (κ3) is 8.11. The van der Waals surface area contributed by atoms with Crippen LogP contribution in [0.15, 0.2) is 58.3 Å². The molecular formula is C24H28N4O4S2. The average molecular weight is 501 g/mol. The summed E-state index contributed by atoms with van der Waals surface area (Å²) in [4.78, 5) is 52.0. The van der Waals surface area contributed by atoms with Gasteiger partial charge in [-0.2, -0.15) is 0 Å². The summed E-state index contributed by atoms with van der Waals surface area (Å²) in [6.07, 6.45) is 0.578. The molecule has 0 unspecified atom stereocenters. The molecule has 0 radical (unpaired) electrons. The molecule has 34 heavy (non-hydrogen) atoms. The molecule has 8 nitrogen and oxygen atoms in total. The lowest BCUT2D eigenvalue weighted by atomic mass is 10.0. The third-order valence-corrected chi connectivity index (χ3v) is 5.95. The quantitative estimate of drug-likeness (QED) is 0.352. The molecule has 1 fully saturated rings. The van der Waals surface area contributed by atoms with Gasteiger partial charge in [0.05, 0.1) is 0 Å². The van der Waals surface area contributed by atoms with Crippen LogP contribution >= 0.6 is 25.3 Å². The Bertz CT molecular complexity index is 945. The Hall–Kier alpha value is -2.98. The second kappa shape index (κ2) is 12.5. The van der Waals surface area contributed by atoms with E-state index in [1.807, 2.05) is 48.5 Å². The second-order valence-electron chi connectivity index (χ2n) is 8.06. The van der Waals surface area contributed by atoms with Crippen molar-refractivity contribution in [1.82, 2.24) is 21.3 Å². The molecule has 10 heteroatoms. The van der Waals surface area contributed by atoms with Crippen LogP contribution in [-0.2, 0) is 32.0 Å². The maximum absolute atomic E-state index is 12.7. The number of rotatable bonds is 4. The summed E-state index contributed by atoms with van der Waals surface area (Å²) in [5.41, 5.74) is 1.72. The molecule has 1 saturated heterocycles. The van der Waals surface area contributed by atoms with Gasteiger partial charge in [0.2, 0.25) is 23.6 Å². The van der Waals surface area contributed by atoms with Gasteiger partial charge >= 0.3 is 0 Å². The van der Waals surface area contributed by atoms with Gasteiger partial charge in [0, 0.05) is 48.6 Å². The highest BCUT2D eigenvalue weighted by Crippen LogP contribution is 2.11. The predicted octanol–water partition coefficient (Wildman–Crippen LogP) is 1.04. The van der Waals surface area contributed by atoms with E-state index in [-0.39, 0.29) is 62.4 Å². The number of amides is 4. The summed E-state index contributed by atoms with van der Waals surface area (Å²) in [6, 6.07) is 13.0. The monoisotopic (exact) mass is 500 g/mol. The van der Waals surface area contributed by atoms with E-state index in [1.54, 1.807) is 0 Å². The molecule has 0 spiro atoms. The molecule has 0 aromatic heterocycles. The molecule has 0 bridgehead atoms. The van der Waals surface area contributed by atoms with Gasteiger partial charge in [-0.1, -0.05) is 24.3 Å². The normalized spacial score (nSPS) is 20.4. The summed E-state index contributed by atoms with van der Waals surface area (Å²) >= 11 is 8.52. The van der Waals surface area contributed by atoms with Crippen LogP contribution in [0.3, 0.4) is 0 Å². The van der Waals surface area contributed by atoms with Gasteiger partial charge in [-0.15, -0.1) is 25.3 Å². The Balaban J connectivity index is 1.67. The second-order valence-corrected chi connectivity index (χ2v) is 9.10. The number of hydrogen-bond donors (Lipinski definition) is 6. The minimum absolute atomic E-state index is 0.000113. The van der Waals surface area contributed by atoms with E-state index in [2.05, 4.69) is 46.5 Å². The predicted molar refractivity (Wildman–Crippen MR) is 134 cm³/mol. The molecular weight excluding hydrogens is 472 g/mol. The summed E-state index contributed by atoms with van der Waals surface area (Å²) in [7, 11) is 0. The van der Waals surface area contributed by atoms with Crippen LogP contribution in [0.5, 0.6) is 0 Å². The first-order chi connectivity index (χ1) is 16.3. The number of thiol groups is 2. The largest absolute Gasteiger partial charge is 0.354 e. The smallest absolute Gasteiger partial charge is 0.242 e. The SMILES string of the molecule is O=C1CCNC(=O)[C@H](Cc2ccc(S)cc2)NC(=O)CCNC(=O)[C@H](Cc2ccc(S)cc2)N1. The van der Waals surface area contributed by atoms with Crippen LogP contribution in [0.1, 0.15) is 24.0 Å². The molecule has 1 heterocycles. The van der Waals surface area contributed by atoms with Crippen molar-refractivity contribution in [1.29, 1.82) is 0 Å². The Morgan fingerprint density at radius 3 is 1.32 bits per heavy atom. The molecule has 2 aromatic carbocycles. The number of hydrogen-bond acceptors (Lipinski definition) is 6. The van der Waals surface area contributed by atoms with Gasteiger partial charge in [0.1, 0.15) is 12.1 Å². The zero-order chi connectivity index (χ0) is 24.5. The standard InChI is InChI=1S/C24H28N4O4S2/c29-21-9-12-26-24(32)20(14-16-3-7-18(34)8-4-16)28-22(30)10-11-25-23(31)19(27-21)13-15-1-5-17(33)6-2-15/h1-8,19-20,33-34H,9-14H2,(H,25,31)(H,26,32)(H,27,29)(H,28,30)/t19-,20-/m0/s1. The van der Waals surface area contributed by atoms with Crippen LogP contribution in [-0.4, -0.2) is 48.8 Å².